The summed E-state index contributed by atoms with van der Waals surface area (Å²) in [6.07, 6.45) is 5.19. The molecule has 0 radical (unpaired) electrons. The first kappa shape index (κ1) is 13.8. The molecule has 0 spiro atoms. The summed E-state index contributed by atoms with van der Waals surface area (Å²) in [5, 5.41) is 3.31. The van der Waals surface area contributed by atoms with Crippen LogP contribution in [-0.2, 0) is 0 Å². The zero-order chi connectivity index (χ0) is 13.7. The molecule has 0 saturated carbocycles. The molecule has 5 heteroatoms. The highest BCUT2D eigenvalue weighted by atomic mass is 16.5. The van der Waals surface area contributed by atoms with Gasteiger partial charge in [0.15, 0.2) is 0 Å². The van der Waals surface area contributed by atoms with Gasteiger partial charge in [-0.1, -0.05) is 6.92 Å². The van der Waals surface area contributed by atoms with E-state index in [1.54, 1.807) is 25.6 Å². The van der Waals surface area contributed by atoms with Gasteiger partial charge in [-0.05, 0) is 25.5 Å². The monoisotopic (exact) mass is 263 g/mol. The van der Waals surface area contributed by atoms with E-state index in [4.69, 9.17) is 4.74 Å². The number of amides is 1. The van der Waals surface area contributed by atoms with Crippen molar-refractivity contribution in [2.75, 3.05) is 26.7 Å². The highest BCUT2D eigenvalue weighted by Crippen LogP contribution is 2.21. The van der Waals surface area contributed by atoms with Gasteiger partial charge in [0, 0.05) is 25.3 Å². The van der Waals surface area contributed by atoms with Gasteiger partial charge in [-0.15, -0.1) is 0 Å². The summed E-state index contributed by atoms with van der Waals surface area (Å²) in [5.74, 6) is 0.578. The number of carbonyl (C=O) groups excluding carboxylic acids is 1. The minimum absolute atomic E-state index is 0.0369. The lowest BCUT2D eigenvalue weighted by Gasteiger charge is -2.28. The zero-order valence-corrected chi connectivity index (χ0v) is 11.6. The molecule has 1 aromatic rings. The molecule has 1 saturated heterocycles. The van der Waals surface area contributed by atoms with Crippen molar-refractivity contribution in [2.45, 2.75) is 25.8 Å². The fraction of sp³-hybridized carbons (Fsp3) is 0.571. The van der Waals surface area contributed by atoms with Crippen molar-refractivity contribution in [3.8, 4) is 5.75 Å². The van der Waals surface area contributed by atoms with Gasteiger partial charge in [-0.3, -0.25) is 9.78 Å². The van der Waals surface area contributed by atoms with Crippen LogP contribution >= 0.6 is 0 Å². The molecule has 1 atom stereocenters. The van der Waals surface area contributed by atoms with E-state index in [0.717, 1.165) is 32.5 Å². The number of aromatic nitrogens is 1. The van der Waals surface area contributed by atoms with Gasteiger partial charge in [0.1, 0.15) is 5.75 Å². The molecule has 19 heavy (non-hydrogen) atoms. The van der Waals surface area contributed by atoms with Gasteiger partial charge in [0.05, 0.1) is 18.9 Å². The summed E-state index contributed by atoms with van der Waals surface area (Å²) in [5.41, 5.74) is 0.595. The van der Waals surface area contributed by atoms with Gasteiger partial charge >= 0.3 is 0 Å². The second kappa shape index (κ2) is 6.52. The maximum atomic E-state index is 12.7. The van der Waals surface area contributed by atoms with Crippen LogP contribution < -0.4 is 10.1 Å². The average Bonchev–Trinajstić information content (AvgIpc) is 2.98. The molecule has 1 fully saturated rings. The number of nitrogens with one attached hydrogen (secondary N) is 1. The summed E-state index contributed by atoms with van der Waals surface area (Å²) in [4.78, 5) is 18.6. The standard InChI is InChI=1S/C14H21N3O2/c1-3-8-17(11-4-6-15-9-11)14(18)12-5-7-16-10-13(12)19-2/h5,7,10-11,15H,3-4,6,8-9H2,1-2H3. The molecule has 2 heterocycles. The summed E-state index contributed by atoms with van der Waals surface area (Å²) in [7, 11) is 1.56. The van der Waals surface area contributed by atoms with Crippen LogP contribution in [0.1, 0.15) is 30.1 Å². The largest absolute Gasteiger partial charge is 0.494 e. The van der Waals surface area contributed by atoms with Gasteiger partial charge in [-0.25, -0.2) is 0 Å². The highest BCUT2D eigenvalue weighted by molar-refractivity contribution is 5.97. The predicted molar refractivity (Wildman–Crippen MR) is 73.4 cm³/mol. The molecule has 1 N–H and O–H groups in total. The first-order chi connectivity index (χ1) is 9.27. The molecule has 2 rings (SSSR count). The van der Waals surface area contributed by atoms with E-state index < -0.39 is 0 Å². The Kier molecular flexibility index (Phi) is 4.74. The third-order valence-electron chi connectivity index (χ3n) is 3.44. The van der Waals surface area contributed by atoms with Crippen molar-refractivity contribution < 1.29 is 9.53 Å². The van der Waals surface area contributed by atoms with Crippen LogP contribution in [0, 0.1) is 0 Å². The summed E-state index contributed by atoms with van der Waals surface area (Å²) < 4.78 is 5.23. The number of rotatable bonds is 5. The van der Waals surface area contributed by atoms with E-state index >= 15 is 0 Å². The highest BCUT2D eigenvalue weighted by Gasteiger charge is 2.28. The Hall–Kier alpha value is -1.62. The first-order valence-electron chi connectivity index (χ1n) is 6.77. The molecular formula is C14H21N3O2. The molecule has 1 unspecified atom stereocenters. The van der Waals surface area contributed by atoms with Crippen molar-refractivity contribution in [1.29, 1.82) is 0 Å². The average molecular weight is 263 g/mol. The minimum Gasteiger partial charge on any atom is -0.494 e. The minimum atomic E-state index is 0.0369. The Bertz CT molecular complexity index is 430. The zero-order valence-electron chi connectivity index (χ0n) is 11.6. The molecule has 0 aliphatic carbocycles. The first-order valence-corrected chi connectivity index (χ1v) is 6.77. The number of ether oxygens (including phenoxy) is 1. The fourth-order valence-corrected chi connectivity index (χ4v) is 2.47. The topological polar surface area (TPSA) is 54.5 Å². The number of carbonyl (C=O) groups is 1. The van der Waals surface area contributed by atoms with Gasteiger partial charge in [0.25, 0.3) is 5.91 Å². The number of hydrogen-bond acceptors (Lipinski definition) is 4. The van der Waals surface area contributed by atoms with Crippen LogP contribution in [0.15, 0.2) is 18.5 Å². The summed E-state index contributed by atoms with van der Waals surface area (Å²) in [6.45, 7) is 4.72. The molecule has 5 nitrogen and oxygen atoms in total. The van der Waals surface area contributed by atoms with Crippen molar-refractivity contribution >= 4 is 5.91 Å². The summed E-state index contributed by atoms with van der Waals surface area (Å²) in [6, 6.07) is 2.01. The van der Waals surface area contributed by atoms with E-state index in [0.29, 0.717) is 11.3 Å². The second-order valence-corrected chi connectivity index (χ2v) is 4.72. The fourth-order valence-electron chi connectivity index (χ4n) is 2.47. The van der Waals surface area contributed by atoms with E-state index in [1.165, 1.54) is 0 Å². The van der Waals surface area contributed by atoms with Crippen LogP contribution in [0.2, 0.25) is 0 Å². The van der Waals surface area contributed by atoms with E-state index in [2.05, 4.69) is 17.2 Å². The number of methoxy groups -OCH3 is 1. The van der Waals surface area contributed by atoms with Gasteiger partial charge in [-0.2, -0.15) is 0 Å². The molecule has 1 aliphatic heterocycles. The third-order valence-corrected chi connectivity index (χ3v) is 3.44. The normalized spacial score (nSPS) is 18.3. The Labute approximate surface area is 114 Å². The van der Waals surface area contributed by atoms with E-state index in [-0.39, 0.29) is 11.9 Å². The Morgan fingerprint density at radius 1 is 1.63 bits per heavy atom. The lowest BCUT2D eigenvalue weighted by Crippen LogP contribution is -2.42. The Morgan fingerprint density at radius 3 is 3.11 bits per heavy atom. The maximum absolute atomic E-state index is 12.7. The number of pyridine rings is 1. The molecule has 1 aliphatic rings. The van der Waals surface area contributed by atoms with Crippen molar-refractivity contribution in [3.05, 3.63) is 24.0 Å². The van der Waals surface area contributed by atoms with E-state index in [1.807, 2.05) is 4.90 Å². The molecule has 0 aromatic carbocycles. The Balaban J connectivity index is 2.22. The number of nitrogens with zero attached hydrogens (tertiary/aromatic N) is 2. The molecule has 0 bridgehead atoms. The van der Waals surface area contributed by atoms with Gasteiger partial charge in [0.2, 0.25) is 0 Å². The molecular weight excluding hydrogens is 242 g/mol. The maximum Gasteiger partial charge on any atom is 0.258 e. The molecule has 1 amide bonds. The summed E-state index contributed by atoms with van der Waals surface area (Å²) >= 11 is 0. The third kappa shape index (κ3) is 3.04. The predicted octanol–water partition coefficient (Wildman–Crippen LogP) is 1.30. The molecule has 1 aromatic heterocycles. The van der Waals surface area contributed by atoms with Gasteiger partial charge < -0.3 is 15.0 Å². The Morgan fingerprint density at radius 2 is 2.47 bits per heavy atom. The number of hydrogen-bond donors (Lipinski definition) is 1. The second-order valence-electron chi connectivity index (χ2n) is 4.72. The van der Waals surface area contributed by atoms with Crippen LogP contribution in [0.4, 0.5) is 0 Å². The van der Waals surface area contributed by atoms with Crippen LogP contribution in [0.3, 0.4) is 0 Å². The van der Waals surface area contributed by atoms with Crippen LogP contribution in [0.5, 0.6) is 5.75 Å². The van der Waals surface area contributed by atoms with E-state index in [9.17, 15) is 4.79 Å². The van der Waals surface area contributed by atoms with Crippen molar-refractivity contribution in [2.24, 2.45) is 0 Å². The van der Waals surface area contributed by atoms with Crippen LogP contribution in [0.25, 0.3) is 0 Å². The molecule has 104 valence electrons. The SMILES string of the molecule is CCCN(C(=O)c1ccncc1OC)C1CCNC1. The van der Waals surface area contributed by atoms with Crippen molar-refractivity contribution in [1.82, 2.24) is 15.2 Å². The van der Waals surface area contributed by atoms with Crippen LogP contribution in [-0.4, -0.2) is 48.6 Å². The van der Waals surface area contributed by atoms with Crippen molar-refractivity contribution in [3.63, 3.8) is 0 Å². The smallest absolute Gasteiger partial charge is 0.258 e. The lowest BCUT2D eigenvalue weighted by atomic mass is 10.1. The quantitative estimate of drug-likeness (QED) is 0.870. The lowest BCUT2D eigenvalue weighted by molar-refractivity contribution is 0.0688.